The maximum atomic E-state index is 5.42. The molecular weight excluding hydrogens is 232 g/mol. The summed E-state index contributed by atoms with van der Waals surface area (Å²) < 4.78 is 1.81. The Morgan fingerprint density at radius 3 is 2.53 bits per heavy atom. The molecule has 0 aliphatic rings. The number of aromatic nitrogens is 2. The molecule has 0 spiro atoms. The quantitative estimate of drug-likeness (QED) is 0.832. The van der Waals surface area contributed by atoms with Crippen molar-refractivity contribution in [1.82, 2.24) is 20.0 Å². The van der Waals surface area contributed by atoms with Crippen LogP contribution in [0.25, 0.3) is 0 Å². The summed E-state index contributed by atoms with van der Waals surface area (Å²) in [7, 11) is 1.92. The minimum atomic E-state index is 0.359. The zero-order chi connectivity index (χ0) is 13.0. The van der Waals surface area contributed by atoms with E-state index in [2.05, 4.69) is 43.0 Å². The summed E-state index contributed by atoms with van der Waals surface area (Å²) >= 11 is 5.42. The van der Waals surface area contributed by atoms with Gasteiger partial charge in [0, 0.05) is 37.4 Å². The fourth-order valence-electron chi connectivity index (χ4n) is 1.57. The highest BCUT2D eigenvalue weighted by Crippen LogP contribution is 2.08. The number of nitrogens with zero attached hydrogens (tertiary/aromatic N) is 3. The van der Waals surface area contributed by atoms with Gasteiger partial charge in [-0.3, -0.25) is 4.68 Å². The minimum absolute atomic E-state index is 0.359. The first-order valence-electron chi connectivity index (χ1n) is 5.94. The molecule has 0 bridgehead atoms. The zero-order valence-electron chi connectivity index (χ0n) is 11.3. The molecule has 0 saturated heterocycles. The van der Waals surface area contributed by atoms with Crippen LogP contribution in [0, 0.1) is 0 Å². The molecule has 0 unspecified atom stereocenters. The van der Waals surface area contributed by atoms with E-state index in [-0.39, 0.29) is 0 Å². The number of rotatable bonds is 4. The summed E-state index contributed by atoms with van der Waals surface area (Å²) in [4.78, 5) is 2.17. The fourth-order valence-corrected chi connectivity index (χ4v) is 2.08. The van der Waals surface area contributed by atoms with Crippen LogP contribution >= 0.6 is 12.2 Å². The average molecular weight is 254 g/mol. The lowest BCUT2D eigenvalue weighted by Gasteiger charge is -2.30. The second-order valence-electron chi connectivity index (χ2n) is 4.85. The van der Waals surface area contributed by atoms with E-state index in [1.54, 1.807) is 0 Å². The Morgan fingerprint density at radius 2 is 2.12 bits per heavy atom. The second-order valence-corrected chi connectivity index (χ2v) is 5.23. The molecule has 5 heteroatoms. The predicted molar refractivity (Wildman–Crippen MR) is 74.8 cm³/mol. The van der Waals surface area contributed by atoms with Crippen LogP contribution in [0.3, 0.4) is 0 Å². The molecule has 0 radical (unpaired) electrons. The third kappa shape index (κ3) is 4.34. The number of thiocarbonyl (C=S) groups is 1. The van der Waals surface area contributed by atoms with Gasteiger partial charge in [0.2, 0.25) is 0 Å². The van der Waals surface area contributed by atoms with E-state index in [1.165, 1.54) is 5.56 Å². The highest BCUT2D eigenvalue weighted by Gasteiger charge is 2.15. The van der Waals surface area contributed by atoms with Crippen LogP contribution in [-0.4, -0.2) is 31.9 Å². The zero-order valence-corrected chi connectivity index (χ0v) is 12.1. The summed E-state index contributed by atoms with van der Waals surface area (Å²) in [6.07, 6.45) is 3.90. The van der Waals surface area contributed by atoms with Gasteiger partial charge < -0.3 is 10.2 Å². The number of hydrogen-bond donors (Lipinski definition) is 1. The minimum Gasteiger partial charge on any atom is -0.360 e. The highest BCUT2D eigenvalue weighted by molar-refractivity contribution is 7.80. The lowest BCUT2D eigenvalue weighted by Crippen LogP contribution is -2.45. The molecule has 1 rings (SSSR count). The average Bonchev–Trinajstić information content (AvgIpc) is 2.58. The molecule has 1 aromatic heterocycles. The van der Waals surface area contributed by atoms with Crippen molar-refractivity contribution in [2.75, 3.05) is 0 Å². The van der Waals surface area contributed by atoms with Crippen molar-refractivity contribution in [2.24, 2.45) is 7.05 Å². The SMILES string of the molecule is CC(C)NC(=S)N(Cc1cnn(C)c1)C(C)C. The molecule has 0 aromatic carbocycles. The molecule has 1 N–H and O–H groups in total. The van der Waals surface area contributed by atoms with Crippen molar-refractivity contribution in [3.63, 3.8) is 0 Å². The topological polar surface area (TPSA) is 33.1 Å². The van der Waals surface area contributed by atoms with Crippen molar-refractivity contribution < 1.29 is 0 Å². The van der Waals surface area contributed by atoms with Gasteiger partial charge in [0.1, 0.15) is 0 Å². The normalized spacial score (nSPS) is 11.0. The van der Waals surface area contributed by atoms with Gasteiger partial charge in [-0.2, -0.15) is 5.10 Å². The molecule has 0 amide bonds. The summed E-state index contributed by atoms with van der Waals surface area (Å²) in [6.45, 7) is 9.27. The van der Waals surface area contributed by atoms with Gasteiger partial charge in [-0.05, 0) is 39.9 Å². The lowest BCUT2D eigenvalue weighted by molar-refractivity contribution is 0.334. The Balaban J connectivity index is 2.69. The van der Waals surface area contributed by atoms with Crippen molar-refractivity contribution in [3.05, 3.63) is 18.0 Å². The van der Waals surface area contributed by atoms with Crippen molar-refractivity contribution in [2.45, 2.75) is 46.3 Å². The maximum Gasteiger partial charge on any atom is 0.169 e. The first-order chi connectivity index (χ1) is 7.90. The van der Waals surface area contributed by atoms with Gasteiger partial charge >= 0.3 is 0 Å². The van der Waals surface area contributed by atoms with Crippen LogP contribution in [0.4, 0.5) is 0 Å². The number of hydrogen-bond acceptors (Lipinski definition) is 2. The molecule has 1 heterocycles. The molecule has 4 nitrogen and oxygen atoms in total. The Hall–Kier alpha value is -1.10. The van der Waals surface area contributed by atoms with Crippen molar-refractivity contribution in [3.8, 4) is 0 Å². The molecule has 0 fully saturated rings. The Morgan fingerprint density at radius 1 is 1.47 bits per heavy atom. The molecule has 17 heavy (non-hydrogen) atoms. The standard InChI is InChI=1S/C12H22N4S/c1-9(2)14-12(17)16(10(3)4)8-11-6-13-15(5)7-11/h6-7,9-10H,8H2,1-5H3,(H,14,17). The van der Waals surface area contributed by atoms with E-state index in [9.17, 15) is 0 Å². The van der Waals surface area contributed by atoms with Gasteiger partial charge in [-0.15, -0.1) is 0 Å². The van der Waals surface area contributed by atoms with Gasteiger partial charge in [-0.25, -0.2) is 0 Å². The van der Waals surface area contributed by atoms with Gasteiger partial charge in [0.25, 0.3) is 0 Å². The van der Waals surface area contributed by atoms with Gasteiger partial charge in [-0.1, -0.05) is 0 Å². The van der Waals surface area contributed by atoms with E-state index in [4.69, 9.17) is 12.2 Å². The predicted octanol–water partition coefficient (Wildman–Crippen LogP) is 1.91. The van der Waals surface area contributed by atoms with Crippen molar-refractivity contribution >= 4 is 17.3 Å². The van der Waals surface area contributed by atoms with Gasteiger partial charge in [0.05, 0.1) is 6.20 Å². The number of nitrogens with one attached hydrogen (secondary N) is 1. The smallest absolute Gasteiger partial charge is 0.169 e. The van der Waals surface area contributed by atoms with Crippen LogP contribution in [0.2, 0.25) is 0 Å². The molecule has 0 saturated carbocycles. The van der Waals surface area contributed by atoms with E-state index < -0.39 is 0 Å². The summed E-state index contributed by atoms with van der Waals surface area (Å²) in [6, 6.07) is 0.728. The van der Waals surface area contributed by atoms with E-state index in [0.29, 0.717) is 12.1 Å². The number of aryl methyl sites for hydroxylation is 1. The van der Waals surface area contributed by atoms with E-state index in [1.807, 2.05) is 24.1 Å². The highest BCUT2D eigenvalue weighted by atomic mass is 32.1. The maximum absolute atomic E-state index is 5.42. The van der Waals surface area contributed by atoms with Gasteiger partial charge in [0.15, 0.2) is 5.11 Å². The molecule has 0 atom stereocenters. The monoisotopic (exact) mass is 254 g/mol. The third-order valence-corrected chi connectivity index (χ3v) is 2.76. The third-order valence-electron chi connectivity index (χ3n) is 2.41. The van der Waals surface area contributed by atoms with Crippen LogP contribution < -0.4 is 5.32 Å². The Bertz CT molecular complexity index is 370. The van der Waals surface area contributed by atoms with Crippen molar-refractivity contribution in [1.29, 1.82) is 0 Å². The van der Waals surface area contributed by atoms with Crippen LogP contribution in [-0.2, 0) is 13.6 Å². The summed E-state index contributed by atoms with van der Waals surface area (Å²) in [5, 5.41) is 8.26. The van der Waals surface area contributed by atoms with Crippen LogP contribution in [0.1, 0.15) is 33.3 Å². The Labute approximate surface area is 109 Å². The molecule has 0 aliphatic carbocycles. The van der Waals surface area contributed by atoms with Crippen LogP contribution in [0.5, 0.6) is 0 Å². The largest absolute Gasteiger partial charge is 0.360 e. The van der Waals surface area contributed by atoms with Crippen LogP contribution in [0.15, 0.2) is 12.4 Å². The molecular formula is C12H22N4S. The van der Waals surface area contributed by atoms with E-state index >= 15 is 0 Å². The summed E-state index contributed by atoms with van der Waals surface area (Å²) in [5.41, 5.74) is 1.18. The molecule has 1 aromatic rings. The Kier molecular flexibility index (Phi) is 4.93. The molecule has 96 valence electrons. The van der Waals surface area contributed by atoms with E-state index in [0.717, 1.165) is 11.7 Å². The fraction of sp³-hybridized carbons (Fsp3) is 0.667. The first-order valence-corrected chi connectivity index (χ1v) is 6.35. The lowest BCUT2D eigenvalue weighted by atomic mass is 10.2. The first kappa shape index (κ1) is 14.0. The molecule has 0 aliphatic heterocycles. The second kappa shape index (κ2) is 6.00. The summed E-state index contributed by atoms with van der Waals surface area (Å²) in [5.74, 6) is 0.